The molecule has 0 atom stereocenters. The second-order valence-corrected chi connectivity index (χ2v) is 8.43. The van der Waals surface area contributed by atoms with Crippen molar-refractivity contribution in [2.75, 3.05) is 23.7 Å². The van der Waals surface area contributed by atoms with Gasteiger partial charge in [0.1, 0.15) is 0 Å². The minimum atomic E-state index is -0.188. The lowest BCUT2D eigenvalue weighted by atomic mass is 9.87. The van der Waals surface area contributed by atoms with Crippen molar-refractivity contribution >= 4 is 34.6 Å². The molecule has 5 nitrogen and oxygen atoms in total. The Kier molecular flexibility index (Phi) is 4.97. The zero-order valence-electron chi connectivity index (χ0n) is 15.1. The number of aliphatic hydroxyl groups excluding tert-OH is 1. The van der Waals surface area contributed by atoms with E-state index in [4.69, 9.17) is 34.7 Å². The highest BCUT2D eigenvalue weighted by atomic mass is 35.5. The Bertz CT molecular complexity index is 861. The number of aromatic nitrogens is 1. The number of nitrogens with two attached hydrogens (primary N) is 2. The van der Waals surface area contributed by atoms with Crippen molar-refractivity contribution in [1.29, 1.82) is 0 Å². The van der Waals surface area contributed by atoms with Crippen LogP contribution < -0.4 is 16.4 Å². The zero-order chi connectivity index (χ0) is 19.2. The van der Waals surface area contributed by atoms with Crippen LogP contribution in [0.5, 0.6) is 0 Å². The molecule has 1 aliphatic heterocycles. The van der Waals surface area contributed by atoms with E-state index in [2.05, 4.69) is 9.88 Å². The Morgan fingerprint density at radius 3 is 2.56 bits per heavy atom. The standard InChI is InChI=1S/C20H24Cl2N4O/c21-14-3-1-2-13(18(14)22)16-10-15(23)19(17(11-27)25-16)26-8-4-12(5-9-26)20(24)6-7-20/h1-3,10,12,27H,4-9,11,24H2,(H2,23,25). The van der Waals surface area contributed by atoms with Gasteiger partial charge in [-0.15, -0.1) is 0 Å². The van der Waals surface area contributed by atoms with E-state index < -0.39 is 0 Å². The van der Waals surface area contributed by atoms with Crippen LogP contribution in [0.2, 0.25) is 10.0 Å². The zero-order valence-corrected chi connectivity index (χ0v) is 16.6. The second-order valence-electron chi connectivity index (χ2n) is 7.65. The van der Waals surface area contributed by atoms with E-state index in [-0.39, 0.29) is 12.1 Å². The maximum absolute atomic E-state index is 9.94. The third-order valence-electron chi connectivity index (χ3n) is 5.92. The van der Waals surface area contributed by atoms with Crippen LogP contribution in [0, 0.1) is 5.92 Å². The van der Waals surface area contributed by atoms with Gasteiger partial charge in [0, 0.05) is 24.2 Å². The molecule has 0 spiro atoms. The second kappa shape index (κ2) is 7.13. The molecular weight excluding hydrogens is 383 g/mol. The van der Waals surface area contributed by atoms with Gasteiger partial charge >= 0.3 is 0 Å². The Labute approximate surface area is 169 Å². The van der Waals surface area contributed by atoms with Crippen LogP contribution in [0.4, 0.5) is 11.4 Å². The van der Waals surface area contributed by atoms with Crippen LogP contribution >= 0.6 is 23.2 Å². The molecule has 1 saturated carbocycles. The van der Waals surface area contributed by atoms with Gasteiger partial charge in [-0.05, 0) is 43.7 Å². The van der Waals surface area contributed by atoms with E-state index in [9.17, 15) is 5.11 Å². The summed E-state index contributed by atoms with van der Waals surface area (Å²) in [4.78, 5) is 6.86. The van der Waals surface area contributed by atoms with Gasteiger partial charge in [0.15, 0.2) is 0 Å². The normalized spacial score (nSPS) is 19.3. The van der Waals surface area contributed by atoms with Gasteiger partial charge in [-0.25, -0.2) is 4.98 Å². The van der Waals surface area contributed by atoms with Gasteiger partial charge in [0.25, 0.3) is 0 Å². The van der Waals surface area contributed by atoms with Crippen LogP contribution in [-0.4, -0.2) is 28.7 Å². The van der Waals surface area contributed by atoms with Crippen molar-refractivity contribution < 1.29 is 5.11 Å². The molecule has 4 rings (SSSR count). The number of halogens is 2. The maximum atomic E-state index is 9.94. The van der Waals surface area contributed by atoms with E-state index in [0.29, 0.717) is 38.6 Å². The number of rotatable bonds is 4. The first-order valence-electron chi connectivity index (χ1n) is 9.31. The topological polar surface area (TPSA) is 88.4 Å². The molecule has 1 aromatic heterocycles. The average Bonchev–Trinajstić information content (AvgIpc) is 3.42. The van der Waals surface area contributed by atoms with E-state index in [1.54, 1.807) is 6.07 Å². The molecule has 2 aromatic rings. The Morgan fingerprint density at radius 1 is 1.22 bits per heavy atom. The summed E-state index contributed by atoms with van der Waals surface area (Å²) >= 11 is 12.5. The molecule has 2 heterocycles. The van der Waals surface area contributed by atoms with Gasteiger partial charge in [-0.3, -0.25) is 0 Å². The van der Waals surface area contributed by atoms with Gasteiger partial charge in [0.2, 0.25) is 0 Å². The van der Waals surface area contributed by atoms with Crippen molar-refractivity contribution in [3.8, 4) is 11.3 Å². The average molecular weight is 407 g/mol. The van der Waals surface area contributed by atoms with Crippen LogP contribution in [0.3, 0.4) is 0 Å². The van der Waals surface area contributed by atoms with Crippen molar-refractivity contribution in [2.45, 2.75) is 37.8 Å². The van der Waals surface area contributed by atoms with Crippen LogP contribution in [-0.2, 0) is 6.61 Å². The van der Waals surface area contributed by atoms with Gasteiger partial charge in [0.05, 0.1) is 39.4 Å². The number of piperidine rings is 1. The molecule has 144 valence electrons. The maximum Gasteiger partial charge on any atom is 0.0919 e. The number of benzene rings is 1. The minimum Gasteiger partial charge on any atom is -0.397 e. The highest BCUT2D eigenvalue weighted by molar-refractivity contribution is 6.43. The molecule has 1 aliphatic carbocycles. The van der Waals surface area contributed by atoms with Crippen molar-refractivity contribution in [1.82, 2.24) is 4.98 Å². The van der Waals surface area contributed by atoms with Crippen LogP contribution in [0.25, 0.3) is 11.3 Å². The first-order valence-corrected chi connectivity index (χ1v) is 10.1. The molecule has 1 aromatic carbocycles. The summed E-state index contributed by atoms with van der Waals surface area (Å²) in [7, 11) is 0. The van der Waals surface area contributed by atoms with Gasteiger partial charge < -0.3 is 21.5 Å². The number of aliphatic hydroxyl groups is 1. The summed E-state index contributed by atoms with van der Waals surface area (Å²) in [6, 6.07) is 7.20. The molecule has 27 heavy (non-hydrogen) atoms. The Balaban J connectivity index is 1.63. The smallest absolute Gasteiger partial charge is 0.0919 e. The van der Waals surface area contributed by atoms with E-state index in [0.717, 1.165) is 44.5 Å². The first kappa shape index (κ1) is 18.8. The fourth-order valence-corrected chi connectivity index (χ4v) is 4.56. The van der Waals surface area contributed by atoms with E-state index in [1.807, 2.05) is 18.2 Å². The molecule has 0 bridgehead atoms. The lowest BCUT2D eigenvalue weighted by Crippen LogP contribution is -2.43. The van der Waals surface area contributed by atoms with Crippen molar-refractivity contribution in [3.63, 3.8) is 0 Å². The van der Waals surface area contributed by atoms with Crippen molar-refractivity contribution in [2.24, 2.45) is 11.7 Å². The fourth-order valence-electron chi connectivity index (χ4n) is 4.16. The molecule has 0 unspecified atom stereocenters. The third-order valence-corrected chi connectivity index (χ3v) is 6.74. The highest BCUT2D eigenvalue weighted by Crippen LogP contribution is 2.45. The number of pyridine rings is 1. The third kappa shape index (κ3) is 3.49. The molecule has 0 radical (unpaired) electrons. The minimum absolute atomic E-state index is 0.0584. The molecule has 7 heteroatoms. The first-order chi connectivity index (χ1) is 12.9. The number of anilines is 2. The molecule has 5 N–H and O–H groups in total. The summed E-state index contributed by atoms with van der Waals surface area (Å²) in [6.45, 7) is 1.56. The predicted molar refractivity (Wildman–Crippen MR) is 111 cm³/mol. The van der Waals surface area contributed by atoms with E-state index in [1.165, 1.54) is 0 Å². The van der Waals surface area contributed by atoms with Crippen LogP contribution in [0.15, 0.2) is 24.3 Å². The highest BCUT2D eigenvalue weighted by Gasteiger charge is 2.46. The van der Waals surface area contributed by atoms with E-state index >= 15 is 0 Å². The number of hydrogen-bond donors (Lipinski definition) is 3. The lowest BCUT2D eigenvalue weighted by molar-refractivity contribution is 0.276. The summed E-state index contributed by atoms with van der Waals surface area (Å²) < 4.78 is 0. The SMILES string of the molecule is Nc1cc(-c2cccc(Cl)c2Cl)nc(CO)c1N1CCC(C2(N)CC2)CC1. The number of nitrogens with zero attached hydrogens (tertiary/aromatic N) is 2. The lowest BCUT2D eigenvalue weighted by Gasteiger charge is -2.37. The van der Waals surface area contributed by atoms with Gasteiger partial charge in [-0.1, -0.05) is 35.3 Å². The fraction of sp³-hybridized carbons (Fsp3) is 0.450. The molecular formula is C20H24Cl2N4O. The predicted octanol–water partition coefficient (Wildman–Crippen LogP) is 3.84. The molecule has 1 saturated heterocycles. The largest absolute Gasteiger partial charge is 0.397 e. The Hall–Kier alpha value is -1.53. The molecule has 2 fully saturated rings. The quantitative estimate of drug-likeness (QED) is 0.717. The van der Waals surface area contributed by atoms with Gasteiger partial charge in [-0.2, -0.15) is 0 Å². The Morgan fingerprint density at radius 2 is 1.93 bits per heavy atom. The summed E-state index contributed by atoms with van der Waals surface area (Å²) in [5, 5.41) is 10.8. The van der Waals surface area contributed by atoms with Crippen LogP contribution in [0.1, 0.15) is 31.4 Å². The number of nitrogen functional groups attached to an aromatic ring is 1. The molecule has 2 aliphatic rings. The summed E-state index contributed by atoms with van der Waals surface area (Å²) in [5.41, 5.74) is 16.1. The van der Waals surface area contributed by atoms with Crippen molar-refractivity contribution in [3.05, 3.63) is 40.0 Å². The monoisotopic (exact) mass is 406 g/mol. The number of hydrogen-bond acceptors (Lipinski definition) is 5. The summed E-state index contributed by atoms with van der Waals surface area (Å²) in [6.07, 6.45) is 4.36. The molecule has 0 amide bonds. The summed E-state index contributed by atoms with van der Waals surface area (Å²) in [5.74, 6) is 0.574.